The Balaban J connectivity index is 1.88. The summed E-state index contributed by atoms with van der Waals surface area (Å²) in [6.07, 6.45) is 0. The molecule has 2 heterocycles. The first-order chi connectivity index (χ1) is 12.1. The summed E-state index contributed by atoms with van der Waals surface area (Å²) in [6, 6.07) is 13.8. The van der Waals surface area contributed by atoms with Crippen molar-refractivity contribution < 1.29 is 4.79 Å². The molecule has 0 aliphatic carbocycles. The molecule has 2 aromatic carbocycles. The Morgan fingerprint density at radius 3 is 2.76 bits per heavy atom. The SMILES string of the molecule is CCn1c(=NC(=O)c2sc3ccccc3c2Cl)sc2cc(Br)ccc21. The van der Waals surface area contributed by atoms with E-state index in [2.05, 4.69) is 20.9 Å². The van der Waals surface area contributed by atoms with E-state index in [0.717, 1.165) is 31.3 Å². The molecule has 2 aromatic heterocycles. The number of benzene rings is 2. The van der Waals surface area contributed by atoms with Gasteiger partial charge in [-0.25, -0.2) is 0 Å². The van der Waals surface area contributed by atoms with Crippen molar-refractivity contribution in [3.05, 3.63) is 61.6 Å². The third kappa shape index (κ3) is 2.97. The Hall–Kier alpha value is -1.47. The van der Waals surface area contributed by atoms with E-state index in [4.69, 9.17) is 11.6 Å². The molecule has 0 fully saturated rings. The Labute approximate surface area is 165 Å². The summed E-state index contributed by atoms with van der Waals surface area (Å²) in [4.78, 5) is 18.3. The highest BCUT2D eigenvalue weighted by atomic mass is 79.9. The van der Waals surface area contributed by atoms with Gasteiger partial charge >= 0.3 is 0 Å². The monoisotopic (exact) mass is 450 g/mol. The molecule has 0 aliphatic heterocycles. The van der Waals surface area contributed by atoms with E-state index in [1.54, 1.807) is 0 Å². The van der Waals surface area contributed by atoms with Gasteiger partial charge in [-0.1, -0.05) is 57.1 Å². The predicted molar refractivity (Wildman–Crippen MR) is 110 cm³/mol. The molecule has 0 N–H and O–H groups in total. The number of halogens is 2. The smallest absolute Gasteiger partial charge is 0.291 e. The molecule has 4 rings (SSSR count). The molecule has 7 heteroatoms. The zero-order valence-corrected chi connectivity index (χ0v) is 17.1. The number of carbonyl (C=O) groups is 1. The zero-order chi connectivity index (χ0) is 17.6. The normalized spacial score (nSPS) is 12.4. The number of carbonyl (C=O) groups excluding carboxylic acids is 1. The van der Waals surface area contributed by atoms with Crippen molar-refractivity contribution in [3.8, 4) is 0 Å². The summed E-state index contributed by atoms with van der Waals surface area (Å²) in [7, 11) is 0. The van der Waals surface area contributed by atoms with Gasteiger partial charge in [0.15, 0.2) is 4.80 Å². The third-order valence-corrected chi connectivity index (χ3v) is 7.09. The Bertz CT molecular complexity index is 1190. The van der Waals surface area contributed by atoms with Crippen LogP contribution in [0, 0.1) is 0 Å². The van der Waals surface area contributed by atoms with Crippen LogP contribution in [0.4, 0.5) is 0 Å². The van der Waals surface area contributed by atoms with E-state index < -0.39 is 0 Å². The maximum atomic E-state index is 12.8. The minimum absolute atomic E-state index is 0.293. The molecule has 1 amide bonds. The molecule has 0 spiro atoms. The fourth-order valence-corrected chi connectivity index (χ4v) is 5.77. The van der Waals surface area contributed by atoms with Gasteiger partial charge in [-0.05, 0) is 31.2 Å². The minimum atomic E-state index is -0.293. The van der Waals surface area contributed by atoms with Gasteiger partial charge in [0, 0.05) is 21.1 Å². The van der Waals surface area contributed by atoms with E-state index in [1.807, 2.05) is 54.0 Å². The van der Waals surface area contributed by atoms with Crippen LogP contribution < -0.4 is 4.80 Å². The summed E-state index contributed by atoms with van der Waals surface area (Å²) in [5, 5.41) is 1.39. The molecule has 0 unspecified atom stereocenters. The second-order valence-electron chi connectivity index (χ2n) is 5.40. The van der Waals surface area contributed by atoms with Gasteiger partial charge in [0.05, 0.1) is 15.2 Å². The number of amides is 1. The van der Waals surface area contributed by atoms with Gasteiger partial charge in [-0.2, -0.15) is 4.99 Å². The molecule has 0 radical (unpaired) electrons. The standard InChI is InChI=1S/C18H12BrClN2OS2/c1-2-22-12-8-7-10(19)9-14(12)25-18(22)21-17(23)16-15(20)11-5-3-4-6-13(11)24-16/h3-9H,2H2,1H3. The summed E-state index contributed by atoms with van der Waals surface area (Å²) >= 11 is 12.8. The molecule has 4 aromatic rings. The van der Waals surface area contributed by atoms with E-state index in [9.17, 15) is 4.79 Å². The lowest BCUT2D eigenvalue weighted by Crippen LogP contribution is -2.15. The van der Waals surface area contributed by atoms with Crippen LogP contribution in [-0.2, 0) is 6.54 Å². The summed E-state index contributed by atoms with van der Waals surface area (Å²) in [6.45, 7) is 2.79. The number of hydrogen-bond acceptors (Lipinski definition) is 3. The van der Waals surface area contributed by atoms with Crippen LogP contribution in [0.3, 0.4) is 0 Å². The molecule has 3 nitrogen and oxygen atoms in total. The first-order valence-corrected chi connectivity index (χ1v) is 10.4. The largest absolute Gasteiger partial charge is 0.317 e. The summed E-state index contributed by atoms with van der Waals surface area (Å²) in [5.41, 5.74) is 1.07. The topological polar surface area (TPSA) is 34.4 Å². The molecule has 0 atom stereocenters. The quantitative estimate of drug-likeness (QED) is 0.363. The number of hydrogen-bond donors (Lipinski definition) is 0. The van der Waals surface area contributed by atoms with Crippen LogP contribution in [-0.4, -0.2) is 10.5 Å². The lowest BCUT2D eigenvalue weighted by molar-refractivity contribution is 0.100. The van der Waals surface area contributed by atoms with Crippen molar-refractivity contribution in [1.29, 1.82) is 0 Å². The number of thiazole rings is 1. The van der Waals surface area contributed by atoms with E-state index in [1.165, 1.54) is 22.7 Å². The Morgan fingerprint density at radius 1 is 1.20 bits per heavy atom. The van der Waals surface area contributed by atoms with Gasteiger partial charge in [0.1, 0.15) is 4.88 Å². The summed E-state index contributed by atoms with van der Waals surface area (Å²) < 4.78 is 5.14. The number of thiophene rings is 1. The van der Waals surface area contributed by atoms with E-state index in [-0.39, 0.29) is 5.91 Å². The van der Waals surface area contributed by atoms with Gasteiger partial charge in [0.2, 0.25) is 0 Å². The van der Waals surface area contributed by atoms with Gasteiger partial charge < -0.3 is 4.57 Å². The van der Waals surface area contributed by atoms with Crippen molar-refractivity contribution in [2.45, 2.75) is 13.5 Å². The molecule has 25 heavy (non-hydrogen) atoms. The third-order valence-electron chi connectivity index (χ3n) is 3.89. The van der Waals surface area contributed by atoms with Crippen LogP contribution >= 0.6 is 50.2 Å². The Morgan fingerprint density at radius 2 is 2.00 bits per heavy atom. The van der Waals surface area contributed by atoms with Crippen molar-refractivity contribution in [1.82, 2.24) is 4.57 Å². The number of fused-ring (bicyclic) bond motifs is 2. The number of aromatic nitrogens is 1. The Kier molecular flexibility index (Phi) is 4.54. The van der Waals surface area contributed by atoms with Crippen LogP contribution in [0.25, 0.3) is 20.3 Å². The van der Waals surface area contributed by atoms with Crippen LogP contribution in [0.15, 0.2) is 51.9 Å². The van der Waals surface area contributed by atoms with E-state index >= 15 is 0 Å². The lowest BCUT2D eigenvalue weighted by atomic mass is 10.2. The molecular formula is C18H12BrClN2OS2. The van der Waals surface area contributed by atoms with Gasteiger partial charge in [0.25, 0.3) is 5.91 Å². The van der Waals surface area contributed by atoms with Gasteiger partial charge in [-0.15, -0.1) is 11.3 Å². The molecule has 0 bridgehead atoms. The van der Waals surface area contributed by atoms with Crippen molar-refractivity contribution >= 4 is 76.4 Å². The van der Waals surface area contributed by atoms with Crippen LogP contribution in [0.5, 0.6) is 0 Å². The number of nitrogens with zero attached hydrogens (tertiary/aromatic N) is 2. The fraction of sp³-hybridized carbons (Fsp3) is 0.111. The van der Waals surface area contributed by atoms with Crippen molar-refractivity contribution in [2.75, 3.05) is 0 Å². The van der Waals surface area contributed by atoms with E-state index in [0.29, 0.717) is 14.7 Å². The molecule has 0 saturated heterocycles. The first-order valence-electron chi connectivity index (χ1n) is 7.63. The second kappa shape index (κ2) is 6.68. The van der Waals surface area contributed by atoms with Crippen molar-refractivity contribution in [3.63, 3.8) is 0 Å². The highest BCUT2D eigenvalue weighted by Gasteiger charge is 2.17. The van der Waals surface area contributed by atoms with Gasteiger partial charge in [-0.3, -0.25) is 4.79 Å². The maximum absolute atomic E-state index is 12.8. The first kappa shape index (κ1) is 17.0. The highest BCUT2D eigenvalue weighted by molar-refractivity contribution is 9.10. The molecular weight excluding hydrogens is 440 g/mol. The minimum Gasteiger partial charge on any atom is -0.317 e. The lowest BCUT2D eigenvalue weighted by Gasteiger charge is -2.00. The predicted octanol–water partition coefficient (Wildman–Crippen LogP) is 6.09. The molecule has 126 valence electrons. The van der Waals surface area contributed by atoms with Crippen LogP contribution in [0.1, 0.15) is 16.6 Å². The maximum Gasteiger partial charge on any atom is 0.291 e. The zero-order valence-electron chi connectivity index (χ0n) is 13.1. The van der Waals surface area contributed by atoms with Crippen LogP contribution in [0.2, 0.25) is 5.02 Å². The summed E-state index contributed by atoms with van der Waals surface area (Å²) in [5.74, 6) is -0.293. The molecule has 0 saturated carbocycles. The highest BCUT2D eigenvalue weighted by Crippen LogP contribution is 2.35. The average Bonchev–Trinajstić information content (AvgIpc) is 3.12. The number of aryl methyl sites for hydroxylation is 1. The second-order valence-corrected chi connectivity index (χ2v) is 8.75. The average molecular weight is 452 g/mol. The van der Waals surface area contributed by atoms with Crippen molar-refractivity contribution in [2.24, 2.45) is 4.99 Å². The fourth-order valence-electron chi connectivity index (χ4n) is 2.73. The number of rotatable bonds is 2. The molecule has 0 aliphatic rings.